The first-order valence-electron chi connectivity index (χ1n) is 4.04. The second-order valence-electron chi connectivity index (χ2n) is 2.92. The minimum atomic E-state index is -1.64. The fourth-order valence-electron chi connectivity index (χ4n) is 1.11. The van der Waals surface area contributed by atoms with E-state index in [0.29, 0.717) is 11.3 Å². The van der Waals surface area contributed by atoms with E-state index in [0.717, 1.165) is 0 Å². The van der Waals surface area contributed by atoms with Gasteiger partial charge >= 0.3 is 0 Å². The van der Waals surface area contributed by atoms with Crippen molar-refractivity contribution in [3.8, 4) is 0 Å². The number of amides is 1. The Morgan fingerprint density at radius 3 is 2.36 bits per heavy atom. The van der Waals surface area contributed by atoms with Crippen LogP contribution in [0.3, 0.4) is 0 Å². The summed E-state index contributed by atoms with van der Waals surface area (Å²) in [6.07, 6.45) is -3.02. The molecule has 1 amide bonds. The number of nitrogen functional groups attached to an aromatic ring is 1. The first kappa shape index (κ1) is 10.5. The minimum absolute atomic E-state index is 0.291. The molecule has 2 unspecified atom stereocenters. The van der Waals surface area contributed by atoms with Gasteiger partial charge < -0.3 is 21.7 Å². The van der Waals surface area contributed by atoms with E-state index >= 15 is 0 Å². The molecule has 0 bridgehead atoms. The van der Waals surface area contributed by atoms with Gasteiger partial charge in [0.05, 0.1) is 0 Å². The third kappa shape index (κ3) is 2.01. The second kappa shape index (κ2) is 4.08. The van der Waals surface area contributed by atoms with Gasteiger partial charge in [0.1, 0.15) is 6.10 Å². The normalized spacial score (nSPS) is 14.7. The Morgan fingerprint density at radius 1 is 1.29 bits per heavy atom. The van der Waals surface area contributed by atoms with Gasteiger partial charge in [0.25, 0.3) is 0 Å². The van der Waals surface area contributed by atoms with Crippen LogP contribution in [0.25, 0.3) is 0 Å². The van der Waals surface area contributed by atoms with Crippen LogP contribution in [0.2, 0.25) is 0 Å². The van der Waals surface area contributed by atoms with Gasteiger partial charge in [-0.15, -0.1) is 0 Å². The average Bonchev–Trinajstić information content (AvgIpc) is 2.16. The second-order valence-corrected chi connectivity index (χ2v) is 2.92. The molecule has 0 saturated carbocycles. The van der Waals surface area contributed by atoms with E-state index in [1.165, 1.54) is 6.07 Å². The lowest BCUT2D eigenvalue weighted by Gasteiger charge is -2.16. The Balaban J connectivity index is 2.94. The summed E-state index contributed by atoms with van der Waals surface area (Å²) < 4.78 is 0. The van der Waals surface area contributed by atoms with Crippen molar-refractivity contribution in [1.82, 2.24) is 0 Å². The van der Waals surface area contributed by atoms with E-state index in [1.54, 1.807) is 18.2 Å². The van der Waals surface area contributed by atoms with Gasteiger partial charge in [0, 0.05) is 11.3 Å². The maximum absolute atomic E-state index is 10.6. The number of aliphatic hydroxyl groups excluding tert-OH is 2. The lowest BCUT2D eigenvalue weighted by Crippen LogP contribution is -2.34. The van der Waals surface area contributed by atoms with E-state index in [4.69, 9.17) is 11.5 Å². The van der Waals surface area contributed by atoms with Gasteiger partial charge in [-0.3, -0.25) is 4.79 Å². The van der Waals surface area contributed by atoms with Crippen LogP contribution >= 0.6 is 0 Å². The lowest BCUT2D eigenvalue weighted by atomic mass is 10.0. The summed E-state index contributed by atoms with van der Waals surface area (Å²) in [7, 11) is 0. The van der Waals surface area contributed by atoms with Crippen LogP contribution in [0.15, 0.2) is 24.3 Å². The molecule has 0 aliphatic rings. The van der Waals surface area contributed by atoms with Gasteiger partial charge in [0.2, 0.25) is 5.91 Å². The maximum Gasteiger partial charge on any atom is 0.249 e. The molecule has 14 heavy (non-hydrogen) atoms. The third-order valence-corrected chi connectivity index (χ3v) is 1.91. The number of anilines is 1. The smallest absolute Gasteiger partial charge is 0.249 e. The molecule has 0 spiro atoms. The van der Waals surface area contributed by atoms with Crippen molar-refractivity contribution in [2.24, 2.45) is 5.73 Å². The van der Waals surface area contributed by atoms with Crippen LogP contribution in [0.1, 0.15) is 11.7 Å². The minimum Gasteiger partial charge on any atom is -0.398 e. The molecule has 0 heterocycles. The number of hydrogen-bond donors (Lipinski definition) is 4. The summed E-state index contributed by atoms with van der Waals surface area (Å²) in [6, 6.07) is 6.41. The van der Waals surface area contributed by atoms with E-state index in [2.05, 4.69) is 0 Å². The summed E-state index contributed by atoms with van der Waals surface area (Å²) in [5.74, 6) is -0.985. The SMILES string of the molecule is NC(=O)C(O)C(O)c1ccccc1N. The van der Waals surface area contributed by atoms with E-state index < -0.39 is 18.1 Å². The molecule has 0 saturated heterocycles. The summed E-state index contributed by atoms with van der Waals surface area (Å²) >= 11 is 0. The van der Waals surface area contributed by atoms with Crippen LogP contribution in [0.4, 0.5) is 5.69 Å². The predicted molar refractivity (Wildman–Crippen MR) is 51.0 cm³/mol. The van der Waals surface area contributed by atoms with Gasteiger partial charge in [-0.25, -0.2) is 0 Å². The molecule has 76 valence electrons. The molecule has 6 N–H and O–H groups in total. The zero-order valence-electron chi connectivity index (χ0n) is 7.42. The van der Waals surface area contributed by atoms with Gasteiger partial charge in [-0.2, -0.15) is 0 Å². The number of carbonyl (C=O) groups excluding carboxylic acids is 1. The van der Waals surface area contributed by atoms with Crippen LogP contribution < -0.4 is 11.5 Å². The molecule has 0 fully saturated rings. The summed E-state index contributed by atoms with van der Waals surface area (Å²) in [6.45, 7) is 0. The number of hydrogen-bond acceptors (Lipinski definition) is 4. The molecule has 0 aromatic heterocycles. The van der Waals surface area contributed by atoms with Crippen molar-refractivity contribution < 1.29 is 15.0 Å². The molecular weight excluding hydrogens is 184 g/mol. The highest BCUT2D eigenvalue weighted by Crippen LogP contribution is 2.22. The number of nitrogens with two attached hydrogens (primary N) is 2. The molecular formula is C9H12N2O3. The topological polar surface area (TPSA) is 110 Å². The van der Waals surface area contributed by atoms with Crippen LogP contribution in [0.5, 0.6) is 0 Å². The predicted octanol–water partition coefficient (Wildman–Crippen LogP) is -0.852. The average molecular weight is 196 g/mol. The quantitative estimate of drug-likeness (QED) is 0.472. The Labute approximate surface area is 81.0 Å². The standard InChI is InChI=1S/C9H12N2O3/c10-6-4-2-1-3-5(6)7(12)8(13)9(11)14/h1-4,7-8,12-13H,10H2,(H2,11,14). The Bertz CT molecular complexity index is 341. The van der Waals surface area contributed by atoms with Crippen LogP contribution in [0, 0.1) is 0 Å². The fourth-order valence-corrected chi connectivity index (χ4v) is 1.11. The molecule has 1 aromatic rings. The number of para-hydroxylation sites is 1. The highest BCUT2D eigenvalue weighted by molar-refractivity contribution is 5.79. The zero-order valence-corrected chi connectivity index (χ0v) is 7.42. The monoisotopic (exact) mass is 196 g/mol. The number of benzene rings is 1. The van der Waals surface area contributed by atoms with Gasteiger partial charge in [-0.1, -0.05) is 18.2 Å². The van der Waals surface area contributed by atoms with Crippen molar-refractivity contribution in [2.45, 2.75) is 12.2 Å². The molecule has 1 rings (SSSR count). The number of aliphatic hydroxyl groups is 2. The molecule has 1 aromatic carbocycles. The van der Waals surface area contributed by atoms with Crippen LogP contribution in [-0.2, 0) is 4.79 Å². The van der Waals surface area contributed by atoms with Gasteiger partial charge in [-0.05, 0) is 6.07 Å². The Hall–Kier alpha value is -1.59. The highest BCUT2D eigenvalue weighted by Gasteiger charge is 2.24. The Kier molecular flexibility index (Phi) is 3.06. The summed E-state index contributed by atoms with van der Waals surface area (Å²) in [4.78, 5) is 10.6. The summed E-state index contributed by atoms with van der Waals surface area (Å²) in [5.41, 5.74) is 11.0. The van der Waals surface area contributed by atoms with Crippen molar-refractivity contribution in [1.29, 1.82) is 0 Å². The molecule has 2 atom stereocenters. The number of rotatable bonds is 3. The van der Waals surface area contributed by atoms with Crippen molar-refractivity contribution in [2.75, 3.05) is 5.73 Å². The molecule has 5 heteroatoms. The van der Waals surface area contributed by atoms with Crippen molar-refractivity contribution in [3.63, 3.8) is 0 Å². The fraction of sp³-hybridized carbons (Fsp3) is 0.222. The molecule has 0 aliphatic heterocycles. The zero-order chi connectivity index (χ0) is 10.7. The van der Waals surface area contributed by atoms with E-state index in [1.807, 2.05) is 0 Å². The number of carbonyl (C=O) groups is 1. The van der Waals surface area contributed by atoms with Gasteiger partial charge in [0.15, 0.2) is 6.10 Å². The third-order valence-electron chi connectivity index (χ3n) is 1.91. The number of primary amides is 1. The van der Waals surface area contributed by atoms with E-state index in [9.17, 15) is 15.0 Å². The largest absolute Gasteiger partial charge is 0.398 e. The molecule has 5 nitrogen and oxygen atoms in total. The first-order chi connectivity index (χ1) is 6.54. The van der Waals surface area contributed by atoms with E-state index in [-0.39, 0.29) is 0 Å². The highest BCUT2D eigenvalue weighted by atomic mass is 16.3. The lowest BCUT2D eigenvalue weighted by molar-refractivity contribution is -0.131. The maximum atomic E-state index is 10.6. The first-order valence-corrected chi connectivity index (χ1v) is 4.04. The van der Waals surface area contributed by atoms with Crippen LogP contribution in [-0.4, -0.2) is 22.2 Å². The molecule has 0 aliphatic carbocycles. The summed E-state index contributed by atoms with van der Waals surface area (Å²) in [5, 5.41) is 18.7. The van der Waals surface area contributed by atoms with Crippen molar-refractivity contribution >= 4 is 11.6 Å². The van der Waals surface area contributed by atoms with Crippen molar-refractivity contribution in [3.05, 3.63) is 29.8 Å². The molecule has 0 radical (unpaired) electrons. The Morgan fingerprint density at radius 2 is 1.86 bits per heavy atom.